The van der Waals surface area contributed by atoms with Crippen molar-refractivity contribution in [1.29, 1.82) is 5.26 Å². The van der Waals surface area contributed by atoms with E-state index in [2.05, 4.69) is 16.4 Å². The molecule has 7 nitrogen and oxygen atoms in total. The third-order valence-electron chi connectivity index (χ3n) is 5.24. The number of aryl methyl sites for hydroxylation is 1. The second kappa shape index (κ2) is 7.99. The maximum atomic E-state index is 9.34. The number of rotatable bonds is 4. The zero-order valence-corrected chi connectivity index (χ0v) is 17.6. The standard InChI is InChI=1S/C23H19ClN6O/c1-14-9-17(11-19(24)27-14)21-22(16-4-2-3-15(10-16)12-25)29-30-8-6-20(28-23(21)30)31-18-5-7-26-13-18/h2-4,6,8-11,18,26H,5,7,13H2,1H3/t18-/m1/s1. The number of nitrogens with one attached hydrogen (secondary N) is 1. The van der Waals surface area contributed by atoms with Crippen molar-refractivity contribution in [3.8, 4) is 34.3 Å². The Morgan fingerprint density at radius 1 is 1.19 bits per heavy atom. The van der Waals surface area contributed by atoms with Crippen molar-refractivity contribution >= 4 is 17.2 Å². The van der Waals surface area contributed by atoms with Gasteiger partial charge in [-0.2, -0.15) is 15.3 Å². The number of benzene rings is 1. The quantitative estimate of drug-likeness (QED) is 0.492. The second-order valence-electron chi connectivity index (χ2n) is 7.50. The van der Waals surface area contributed by atoms with Crippen LogP contribution in [0, 0.1) is 18.3 Å². The molecule has 1 aliphatic rings. The fourth-order valence-electron chi connectivity index (χ4n) is 3.85. The van der Waals surface area contributed by atoms with Gasteiger partial charge < -0.3 is 10.1 Å². The van der Waals surface area contributed by atoms with Gasteiger partial charge in [-0.25, -0.2) is 9.50 Å². The summed E-state index contributed by atoms with van der Waals surface area (Å²) < 4.78 is 7.81. The van der Waals surface area contributed by atoms with E-state index in [1.54, 1.807) is 16.6 Å². The molecular formula is C23H19ClN6O. The lowest BCUT2D eigenvalue weighted by atomic mass is 10.0. The highest BCUT2D eigenvalue weighted by Crippen LogP contribution is 2.36. The van der Waals surface area contributed by atoms with Gasteiger partial charge in [-0.15, -0.1) is 0 Å². The highest BCUT2D eigenvalue weighted by Gasteiger charge is 2.21. The van der Waals surface area contributed by atoms with Crippen molar-refractivity contribution < 1.29 is 4.74 Å². The van der Waals surface area contributed by atoms with Crippen LogP contribution >= 0.6 is 11.6 Å². The maximum absolute atomic E-state index is 9.34. The number of pyridine rings is 1. The van der Waals surface area contributed by atoms with Crippen LogP contribution in [0.25, 0.3) is 28.0 Å². The summed E-state index contributed by atoms with van der Waals surface area (Å²) in [6.07, 6.45) is 2.90. The van der Waals surface area contributed by atoms with Gasteiger partial charge in [-0.1, -0.05) is 23.7 Å². The minimum Gasteiger partial charge on any atom is -0.473 e. The van der Waals surface area contributed by atoms with Crippen molar-refractivity contribution in [2.75, 3.05) is 13.1 Å². The van der Waals surface area contributed by atoms with Gasteiger partial charge in [0.1, 0.15) is 17.0 Å². The van der Waals surface area contributed by atoms with Gasteiger partial charge in [0.25, 0.3) is 0 Å². The van der Waals surface area contributed by atoms with E-state index < -0.39 is 0 Å². The number of halogens is 1. The largest absolute Gasteiger partial charge is 0.473 e. The lowest BCUT2D eigenvalue weighted by Gasteiger charge is -2.11. The molecule has 3 aromatic heterocycles. The summed E-state index contributed by atoms with van der Waals surface area (Å²) in [6.45, 7) is 3.65. The molecule has 1 fully saturated rings. The molecule has 0 saturated carbocycles. The van der Waals surface area contributed by atoms with Gasteiger partial charge in [0, 0.05) is 30.1 Å². The van der Waals surface area contributed by atoms with Crippen molar-refractivity contribution in [2.45, 2.75) is 19.4 Å². The normalized spacial score (nSPS) is 15.8. The highest BCUT2D eigenvalue weighted by atomic mass is 35.5. The summed E-state index contributed by atoms with van der Waals surface area (Å²) in [5.74, 6) is 0.552. The molecule has 0 spiro atoms. The Hall–Kier alpha value is -3.47. The Balaban J connectivity index is 1.72. The smallest absolute Gasteiger partial charge is 0.217 e. The number of nitrogens with zero attached hydrogens (tertiary/aromatic N) is 5. The van der Waals surface area contributed by atoms with Crippen molar-refractivity contribution in [3.05, 3.63) is 65.1 Å². The molecule has 0 amide bonds. The first-order valence-electron chi connectivity index (χ1n) is 10.0. The first-order valence-corrected chi connectivity index (χ1v) is 10.4. The third-order valence-corrected chi connectivity index (χ3v) is 5.43. The van der Waals surface area contributed by atoms with E-state index in [4.69, 9.17) is 26.4 Å². The molecule has 8 heteroatoms. The minimum absolute atomic E-state index is 0.103. The first kappa shape index (κ1) is 19.5. The zero-order valence-electron chi connectivity index (χ0n) is 16.8. The van der Waals surface area contributed by atoms with E-state index >= 15 is 0 Å². The Kier molecular flexibility index (Phi) is 5.02. The van der Waals surface area contributed by atoms with Crippen LogP contribution in [0.3, 0.4) is 0 Å². The van der Waals surface area contributed by atoms with Crippen molar-refractivity contribution in [1.82, 2.24) is 24.9 Å². The summed E-state index contributed by atoms with van der Waals surface area (Å²) in [7, 11) is 0. The van der Waals surface area contributed by atoms with E-state index in [0.717, 1.165) is 41.9 Å². The maximum Gasteiger partial charge on any atom is 0.217 e. The van der Waals surface area contributed by atoms with Crippen LogP contribution in [0.1, 0.15) is 17.7 Å². The topological polar surface area (TPSA) is 88.1 Å². The molecule has 1 atom stereocenters. The third kappa shape index (κ3) is 3.83. The monoisotopic (exact) mass is 430 g/mol. The number of ether oxygens (including phenoxy) is 1. The number of hydrogen-bond acceptors (Lipinski definition) is 6. The van der Waals surface area contributed by atoms with Crippen molar-refractivity contribution in [2.24, 2.45) is 0 Å². The number of aromatic nitrogens is 4. The summed E-state index contributed by atoms with van der Waals surface area (Å²) in [6, 6.07) is 15.1. The molecular weight excluding hydrogens is 412 g/mol. The number of nitriles is 1. The molecule has 4 aromatic rings. The van der Waals surface area contributed by atoms with Gasteiger partial charge in [0.2, 0.25) is 5.88 Å². The molecule has 1 aromatic carbocycles. The summed E-state index contributed by atoms with van der Waals surface area (Å²) in [5, 5.41) is 17.8. The molecule has 0 unspecified atom stereocenters. The molecule has 31 heavy (non-hydrogen) atoms. The van der Waals surface area contributed by atoms with Crippen molar-refractivity contribution in [3.63, 3.8) is 0 Å². The van der Waals surface area contributed by atoms with E-state index in [1.807, 2.05) is 43.5 Å². The molecule has 0 bridgehead atoms. The number of fused-ring (bicyclic) bond motifs is 1. The Bertz CT molecular complexity index is 1300. The van der Waals surface area contributed by atoms with Crippen LogP contribution in [-0.4, -0.2) is 38.8 Å². The molecule has 1 saturated heterocycles. The Morgan fingerprint density at radius 2 is 2.10 bits per heavy atom. The van der Waals surface area contributed by atoms with Crippen LogP contribution in [0.2, 0.25) is 5.15 Å². The minimum atomic E-state index is 0.103. The van der Waals surface area contributed by atoms with Gasteiger partial charge in [0.05, 0.1) is 17.2 Å². The molecule has 154 valence electrons. The molecule has 1 N–H and O–H groups in total. The van der Waals surface area contributed by atoms with Crippen LogP contribution in [0.15, 0.2) is 48.7 Å². The lowest BCUT2D eigenvalue weighted by Crippen LogP contribution is -2.20. The van der Waals surface area contributed by atoms with E-state index in [0.29, 0.717) is 27.9 Å². The second-order valence-corrected chi connectivity index (χ2v) is 7.89. The average Bonchev–Trinajstić information content (AvgIpc) is 3.40. The van der Waals surface area contributed by atoms with Gasteiger partial charge >= 0.3 is 0 Å². The predicted octanol–water partition coefficient (Wildman–Crippen LogP) is 4.03. The van der Waals surface area contributed by atoms with Gasteiger partial charge in [-0.05, 0) is 49.7 Å². The average molecular weight is 431 g/mol. The van der Waals surface area contributed by atoms with E-state index in [9.17, 15) is 5.26 Å². The van der Waals surface area contributed by atoms with Crippen LogP contribution in [-0.2, 0) is 0 Å². The van der Waals surface area contributed by atoms with Gasteiger partial charge in [0.15, 0.2) is 5.65 Å². The van der Waals surface area contributed by atoms with Crippen LogP contribution < -0.4 is 10.1 Å². The predicted molar refractivity (Wildman–Crippen MR) is 118 cm³/mol. The molecule has 0 aliphatic carbocycles. The van der Waals surface area contributed by atoms with E-state index in [-0.39, 0.29) is 6.10 Å². The fourth-order valence-corrected chi connectivity index (χ4v) is 4.10. The van der Waals surface area contributed by atoms with E-state index in [1.165, 1.54) is 0 Å². The SMILES string of the molecule is Cc1cc(-c2c(-c3cccc(C#N)c3)nn3ccc(O[C@@H]4CCNC4)nc23)cc(Cl)n1. The first-order chi connectivity index (χ1) is 15.1. The molecule has 5 rings (SSSR count). The molecule has 4 heterocycles. The Labute approximate surface area is 184 Å². The highest BCUT2D eigenvalue weighted by molar-refractivity contribution is 6.29. The summed E-state index contributed by atoms with van der Waals surface area (Å²) in [5.41, 5.74) is 5.23. The number of hydrogen-bond donors (Lipinski definition) is 1. The lowest BCUT2D eigenvalue weighted by molar-refractivity contribution is 0.214. The summed E-state index contributed by atoms with van der Waals surface area (Å²) in [4.78, 5) is 9.07. The summed E-state index contributed by atoms with van der Waals surface area (Å²) >= 11 is 6.28. The zero-order chi connectivity index (χ0) is 21.4. The molecule has 0 radical (unpaired) electrons. The van der Waals surface area contributed by atoms with Crippen LogP contribution in [0.4, 0.5) is 0 Å². The molecule has 1 aliphatic heterocycles. The van der Waals surface area contributed by atoms with Crippen LogP contribution in [0.5, 0.6) is 5.88 Å². The Morgan fingerprint density at radius 3 is 2.87 bits per heavy atom. The fraction of sp³-hybridized carbons (Fsp3) is 0.217. The van der Waals surface area contributed by atoms with Gasteiger partial charge in [-0.3, -0.25) is 0 Å².